The van der Waals surface area contributed by atoms with E-state index >= 15 is 0 Å². The van der Waals surface area contributed by atoms with Crippen LogP contribution in [0.2, 0.25) is 0 Å². The van der Waals surface area contributed by atoms with Crippen LogP contribution in [0.1, 0.15) is 11.4 Å². The summed E-state index contributed by atoms with van der Waals surface area (Å²) in [4.78, 5) is 9.51. The third kappa shape index (κ3) is 3.76. The molecule has 2 heterocycles. The molecule has 0 bridgehead atoms. The smallest absolute Gasteiger partial charge is 0.266 e. The van der Waals surface area contributed by atoms with Crippen molar-refractivity contribution in [1.82, 2.24) is 20.0 Å². The molecular weight excluding hydrogens is 284 g/mol. The summed E-state index contributed by atoms with van der Waals surface area (Å²) in [6, 6.07) is 0. The number of aryl methyl sites for hydroxylation is 2. The fourth-order valence-electron chi connectivity index (χ4n) is 2.10. The van der Waals surface area contributed by atoms with Gasteiger partial charge < -0.3 is 4.74 Å². The summed E-state index contributed by atoms with van der Waals surface area (Å²) in [7, 11) is -3.69. The van der Waals surface area contributed by atoms with Gasteiger partial charge in [0.1, 0.15) is 4.90 Å². The van der Waals surface area contributed by atoms with Gasteiger partial charge in [0, 0.05) is 19.6 Å². The van der Waals surface area contributed by atoms with Crippen molar-refractivity contribution in [2.75, 3.05) is 39.5 Å². The number of rotatable bonds is 6. The summed E-state index contributed by atoms with van der Waals surface area (Å²) in [6.45, 7) is 7.34. The summed E-state index contributed by atoms with van der Waals surface area (Å²) in [6.07, 6.45) is 0. The van der Waals surface area contributed by atoms with E-state index in [-0.39, 0.29) is 11.5 Å². The molecule has 1 saturated heterocycles. The number of sulfonamides is 1. The summed E-state index contributed by atoms with van der Waals surface area (Å²) in [5.74, 6) is 0. The van der Waals surface area contributed by atoms with Crippen molar-refractivity contribution in [3.8, 4) is 0 Å². The molecule has 0 aromatic carbocycles. The Bertz CT molecular complexity index is 517. The van der Waals surface area contributed by atoms with E-state index in [2.05, 4.69) is 20.0 Å². The number of nitrogens with one attached hydrogen (secondary N) is 2. The van der Waals surface area contributed by atoms with Crippen LogP contribution in [0.4, 0.5) is 0 Å². The maximum Gasteiger partial charge on any atom is 0.266 e. The summed E-state index contributed by atoms with van der Waals surface area (Å²) in [5.41, 5.74) is 0.915. The van der Waals surface area contributed by atoms with Crippen molar-refractivity contribution >= 4 is 10.0 Å². The zero-order chi connectivity index (χ0) is 14.6. The van der Waals surface area contributed by atoms with E-state index in [0.29, 0.717) is 31.1 Å². The first kappa shape index (κ1) is 15.4. The molecule has 114 valence electrons. The zero-order valence-corrected chi connectivity index (χ0v) is 12.5. The Hall–Kier alpha value is -1.00. The molecular formula is C11H20N4O4S. The van der Waals surface area contributed by atoms with E-state index in [4.69, 9.17) is 9.57 Å². The van der Waals surface area contributed by atoms with Crippen LogP contribution in [0, 0.1) is 13.8 Å². The second-order valence-electron chi connectivity index (χ2n) is 4.65. The lowest BCUT2D eigenvalue weighted by Gasteiger charge is -2.26. The van der Waals surface area contributed by atoms with Gasteiger partial charge in [0.15, 0.2) is 0 Å². The standard InChI is InChI=1S/C11H20N4O4S/c1-9-11(10(2)13-12-9)20(16,17)14-19-8-5-15-3-6-18-7-4-15/h14H,3-8H2,1-2H3,(H,12,13). The minimum absolute atomic E-state index is 0.142. The van der Waals surface area contributed by atoms with Crippen molar-refractivity contribution in [3.63, 3.8) is 0 Å². The predicted molar refractivity (Wildman–Crippen MR) is 71.6 cm³/mol. The quantitative estimate of drug-likeness (QED) is 0.547. The molecule has 1 aromatic heterocycles. The number of aromatic nitrogens is 2. The predicted octanol–water partition coefficient (Wildman–Crippen LogP) is -0.431. The minimum Gasteiger partial charge on any atom is -0.379 e. The van der Waals surface area contributed by atoms with Crippen LogP contribution in [0.15, 0.2) is 4.90 Å². The van der Waals surface area contributed by atoms with E-state index in [1.54, 1.807) is 13.8 Å². The Morgan fingerprint density at radius 2 is 2.10 bits per heavy atom. The number of hydrogen-bond donors (Lipinski definition) is 2. The third-order valence-electron chi connectivity index (χ3n) is 3.11. The molecule has 0 radical (unpaired) electrons. The molecule has 20 heavy (non-hydrogen) atoms. The highest BCUT2D eigenvalue weighted by Gasteiger charge is 2.22. The number of hydrogen-bond acceptors (Lipinski definition) is 6. The van der Waals surface area contributed by atoms with Gasteiger partial charge >= 0.3 is 0 Å². The molecule has 0 saturated carbocycles. The summed E-state index contributed by atoms with van der Waals surface area (Å²) >= 11 is 0. The van der Waals surface area contributed by atoms with Gasteiger partial charge in [-0.05, 0) is 13.8 Å². The molecule has 1 aliphatic heterocycles. The SMILES string of the molecule is Cc1n[nH]c(C)c1S(=O)(=O)NOCCN1CCOCC1. The van der Waals surface area contributed by atoms with E-state index in [0.717, 1.165) is 13.1 Å². The Labute approximate surface area is 118 Å². The molecule has 2 rings (SSSR count). The van der Waals surface area contributed by atoms with Crippen LogP contribution >= 0.6 is 0 Å². The average molecular weight is 304 g/mol. The van der Waals surface area contributed by atoms with Crippen molar-refractivity contribution in [3.05, 3.63) is 11.4 Å². The van der Waals surface area contributed by atoms with Crippen LogP contribution in [-0.2, 0) is 19.6 Å². The molecule has 0 amide bonds. The molecule has 0 aliphatic carbocycles. The van der Waals surface area contributed by atoms with Crippen LogP contribution in [0.5, 0.6) is 0 Å². The molecule has 8 nitrogen and oxygen atoms in total. The largest absolute Gasteiger partial charge is 0.379 e. The van der Waals surface area contributed by atoms with Gasteiger partial charge in [0.25, 0.3) is 10.0 Å². The van der Waals surface area contributed by atoms with Crippen molar-refractivity contribution in [2.45, 2.75) is 18.7 Å². The Kier molecular flexibility index (Phi) is 5.11. The van der Waals surface area contributed by atoms with Gasteiger partial charge in [-0.3, -0.25) is 14.8 Å². The molecule has 1 fully saturated rings. The molecule has 0 unspecified atom stereocenters. The number of morpholine rings is 1. The molecule has 1 aliphatic rings. The highest BCUT2D eigenvalue weighted by Crippen LogP contribution is 2.15. The number of ether oxygens (including phenoxy) is 1. The van der Waals surface area contributed by atoms with E-state index in [1.807, 2.05) is 0 Å². The van der Waals surface area contributed by atoms with Crippen LogP contribution in [-0.4, -0.2) is 63.0 Å². The Morgan fingerprint density at radius 1 is 1.40 bits per heavy atom. The van der Waals surface area contributed by atoms with E-state index in [1.165, 1.54) is 0 Å². The monoisotopic (exact) mass is 304 g/mol. The van der Waals surface area contributed by atoms with Crippen molar-refractivity contribution < 1.29 is 18.0 Å². The molecule has 1 aromatic rings. The first-order chi connectivity index (χ1) is 9.50. The van der Waals surface area contributed by atoms with E-state index < -0.39 is 10.0 Å². The first-order valence-electron chi connectivity index (χ1n) is 6.46. The molecule has 2 N–H and O–H groups in total. The van der Waals surface area contributed by atoms with Crippen LogP contribution in [0.3, 0.4) is 0 Å². The highest BCUT2D eigenvalue weighted by molar-refractivity contribution is 7.89. The molecule has 0 atom stereocenters. The fourth-order valence-corrected chi connectivity index (χ4v) is 3.30. The normalized spacial score (nSPS) is 17.5. The molecule has 9 heteroatoms. The van der Waals surface area contributed by atoms with Gasteiger partial charge in [0.05, 0.1) is 31.2 Å². The lowest BCUT2D eigenvalue weighted by atomic mass is 10.4. The second-order valence-corrected chi connectivity index (χ2v) is 6.23. The van der Waals surface area contributed by atoms with Gasteiger partial charge in [-0.1, -0.05) is 4.89 Å². The first-order valence-corrected chi connectivity index (χ1v) is 7.94. The summed E-state index contributed by atoms with van der Waals surface area (Å²) < 4.78 is 29.3. The van der Waals surface area contributed by atoms with Crippen LogP contribution < -0.4 is 4.89 Å². The lowest BCUT2D eigenvalue weighted by molar-refractivity contribution is 0.0125. The lowest BCUT2D eigenvalue weighted by Crippen LogP contribution is -2.39. The topological polar surface area (TPSA) is 96.5 Å². The van der Waals surface area contributed by atoms with Gasteiger partial charge in [-0.25, -0.2) is 8.42 Å². The highest BCUT2D eigenvalue weighted by atomic mass is 32.2. The van der Waals surface area contributed by atoms with Gasteiger partial charge in [-0.15, -0.1) is 0 Å². The third-order valence-corrected chi connectivity index (χ3v) is 4.59. The van der Waals surface area contributed by atoms with E-state index in [9.17, 15) is 8.42 Å². The average Bonchev–Trinajstić information content (AvgIpc) is 2.76. The maximum atomic E-state index is 12.1. The van der Waals surface area contributed by atoms with Crippen LogP contribution in [0.25, 0.3) is 0 Å². The Morgan fingerprint density at radius 3 is 2.70 bits per heavy atom. The second kappa shape index (κ2) is 6.64. The van der Waals surface area contributed by atoms with Crippen molar-refractivity contribution in [2.24, 2.45) is 0 Å². The maximum absolute atomic E-state index is 12.1. The van der Waals surface area contributed by atoms with Crippen molar-refractivity contribution in [1.29, 1.82) is 0 Å². The number of aromatic amines is 1. The van der Waals surface area contributed by atoms with Gasteiger partial charge in [-0.2, -0.15) is 5.10 Å². The zero-order valence-electron chi connectivity index (χ0n) is 11.7. The summed E-state index contributed by atoms with van der Waals surface area (Å²) in [5, 5.41) is 6.50. The fraction of sp³-hybridized carbons (Fsp3) is 0.727. The number of H-pyrrole nitrogens is 1. The number of nitrogens with zero attached hydrogens (tertiary/aromatic N) is 2. The Balaban J connectivity index is 1.81. The molecule has 0 spiro atoms. The minimum atomic E-state index is -3.69. The van der Waals surface area contributed by atoms with Gasteiger partial charge in [0.2, 0.25) is 0 Å².